The highest BCUT2D eigenvalue weighted by Crippen LogP contribution is 2.35. The maximum atomic E-state index is 12.0. The topological polar surface area (TPSA) is 86.2 Å². The number of rotatable bonds is 1. The molecule has 0 bridgehead atoms. The first-order valence-corrected chi connectivity index (χ1v) is 6.80. The zero-order chi connectivity index (χ0) is 12.0. The maximum Gasteiger partial charge on any atom is 0.222 e. The molecule has 0 amide bonds. The molecule has 0 fully saturated rings. The molecular weight excluding hydrogens is 240 g/mol. The van der Waals surface area contributed by atoms with Crippen molar-refractivity contribution in [2.24, 2.45) is 0 Å². The van der Waals surface area contributed by atoms with Gasteiger partial charge in [-0.25, -0.2) is 8.42 Å². The summed E-state index contributed by atoms with van der Waals surface area (Å²) in [5.41, 5.74) is 7.32. The summed E-state index contributed by atoms with van der Waals surface area (Å²) in [6, 6.07) is 6.90. The van der Waals surface area contributed by atoms with Gasteiger partial charge in [0.1, 0.15) is 5.69 Å². The zero-order valence-corrected chi connectivity index (χ0v) is 9.70. The molecule has 0 atom stereocenters. The first kappa shape index (κ1) is 10.3. The average molecular weight is 250 g/mol. The fraction of sp³-hybridized carbons (Fsp3) is 0.182. The average Bonchev–Trinajstić information content (AvgIpc) is 2.84. The second-order valence-corrected chi connectivity index (χ2v) is 6.02. The quantitative estimate of drug-likeness (QED) is 0.823. The number of aryl methyl sites for hydroxylation is 1. The minimum Gasteiger partial charge on any atom is -0.368 e. The molecule has 2 heterocycles. The summed E-state index contributed by atoms with van der Waals surface area (Å²) in [5.74, 6) is 0.333. The van der Waals surface area contributed by atoms with E-state index < -0.39 is 9.84 Å². The van der Waals surface area contributed by atoms with Crippen LogP contribution in [0.25, 0.3) is 11.3 Å². The van der Waals surface area contributed by atoms with Gasteiger partial charge in [0.2, 0.25) is 5.88 Å². The van der Waals surface area contributed by atoms with Crippen LogP contribution in [0.2, 0.25) is 0 Å². The zero-order valence-electron chi connectivity index (χ0n) is 8.88. The van der Waals surface area contributed by atoms with Gasteiger partial charge < -0.3 is 10.3 Å². The summed E-state index contributed by atoms with van der Waals surface area (Å²) < 4.78 is 28.7. The SMILES string of the molecule is Nc1cc(-c2cccc3c2S(=O)(=O)CC3)no1. The predicted octanol–water partition coefficient (Wildman–Crippen LogP) is 1.25. The fourth-order valence-corrected chi connectivity index (χ4v) is 3.88. The molecule has 88 valence electrons. The summed E-state index contributed by atoms with van der Waals surface area (Å²) in [5, 5.41) is 3.76. The van der Waals surface area contributed by atoms with Crippen molar-refractivity contribution in [3.8, 4) is 11.3 Å². The van der Waals surface area contributed by atoms with E-state index in [0.29, 0.717) is 22.6 Å². The van der Waals surface area contributed by atoms with E-state index in [4.69, 9.17) is 10.3 Å². The summed E-state index contributed by atoms with van der Waals surface area (Å²) in [7, 11) is -3.20. The number of hydrogen-bond donors (Lipinski definition) is 1. The predicted molar refractivity (Wildman–Crippen MR) is 62.1 cm³/mol. The van der Waals surface area contributed by atoms with Crippen molar-refractivity contribution in [3.63, 3.8) is 0 Å². The number of benzene rings is 1. The van der Waals surface area contributed by atoms with Gasteiger partial charge in [-0.2, -0.15) is 0 Å². The summed E-state index contributed by atoms with van der Waals surface area (Å²) >= 11 is 0. The Bertz CT molecular complexity index is 688. The third-order valence-electron chi connectivity index (χ3n) is 2.85. The Morgan fingerprint density at radius 1 is 1.35 bits per heavy atom. The van der Waals surface area contributed by atoms with Gasteiger partial charge >= 0.3 is 0 Å². The first-order chi connectivity index (χ1) is 8.08. The Morgan fingerprint density at radius 2 is 2.18 bits per heavy atom. The summed E-state index contributed by atoms with van der Waals surface area (Å²) in [4.78, 5) is 0.369. The molecule has 17 heavy (non-hydrogen) atoms. The van der Waals surface area contributed by atoms with E-state index in [1.165, 1.54) is 6.07 Å². The fourth-order valence-electron chi connectivity index (χ4n) is 2.11. The maximum absolute atomic E-state index is 12.0. The molecule has 2 aromatic rings. The van der Waals surface area contributed by atoms with Gasteiger partial charge in [-0.1, -0.05) is 23.4 Å². The van der Waals surface area contributed by atoms with Gasteiger partial charge in [0.05, 0.1) is 10.6 Å². The number of nitrogen functional groups attached to an aromatic ring is 1. The van der Waals surface area contributed by atoms with Crippen molar-refractivity contribution >= 4 is 15.7 Å². The highest BCUT2D eigenvalue weighted by Gasteiger charge is 2.30. The van der Waals surface area contributed by atoms with Crippen LogP contribution in [0.15, 0.2) is 33.7 Å². The number of anilines is 1. The van der Waals surface area contributed by atoms with Crippen molar-refractivity contribution in [3.05, 3.63) is 29.8 Å². The molecule has 3 rings (SSSR count). The van der Waals surface area contributed by atoms with Crippen molar-refractivity contribution in [1.82, 2.24) is 5.16 Å². The Balaban J connectivity index is 2.30. The Labute approximate surface area is 98.1 Å². The van der Waals surface area contributed by atoms with Gasteiger partial charge in [-0.3, -0.25) is 0 Å². The van der Waals surface area contributed by atoms with Gasteiger partial charge in [-0.05, 0) is 12.0 Å². The number of nitrogens with two attached hydrogens (primary N) is 1. The number of hydrogen-bond acceptors (Lipinski definition) is 5. The molecule has 0 spiro atoms. The molecule has 0 saturated heterocycles. The Morgan fingerprint density at radius 3 is 2.88 bits per heavy atom. The molecular formula is C11H10N2O3S. The van der Waals surface area contributed by atoms with Crippen molar-refractivity contribution < 1.29 is 12.9 Å². The van der Waals surface area contributed by atoms with E-state index in [2.05, 4.69) is 5.16 Å². The minimum absolute atomic E-state index is 0.159. The lowest BCUT2D eigenvalue weighted by atomic mass is 10.1. The number of sulfone groups is 1. The molecule has 1 aromatic heterocycles. The normalized spacial score (nSPS) is 16.9. The molecule has 0 unspecified atom stereocenters. The van der Waals surface area contributed by atoms with Crippen molar-refractivity contribution in [2.75, 3.05) is 11.5 Å². The monoisotopic (exact) mass is 250 g/mol. The largest absolute Gasteiger partial charge is 0.368 e. The van der Waals surface area contributed by atoms with Crippen molar-refractivity contribution in [2.45, 2.75) is 11.3 Å². The Kier molecular flexibility index (Phi) is 2.03. The Hall–Kier alpha value is -1.82. The van der Waals surface area contributed by atoms with E-state index in [-0.39, 0.29) is 11.6 Å². The van der Waals surface area contributed by atoms with Crippen molar-refractivity contribution in [1.29, 1.82) is 0 Å². The van der Waals surface area contributed by atoms with Crippen LogP contribution in [0.4, 0.5) is 5.88 Å². The second kappa shape index (κ2) is 3.33. The molecule has 0 aliphatic carbocycles. The molecule has 0 radical (unpaired) electrons. The van der Waals surface area contributed by atoms with Gasteiger partial charge in [0.15, 0.2) is 9.84 Å². The molecule has 6 heteroatoms. The van der Waals surface area contributed by atoms with Gasteiger partial charge in [-0.15, -0.1) is 0 Å². The lowest BCUT2D eigenvalue weighted by molar-refractivity contribution is 0.439. The second-order valence-electron chi connectivity index (χ2n) is 3.98. The smallest absolute Gasteiger partial charge is 0.222 e. The molecule has 2 N–H and O–H groups in total. The molecule has 1 aromatic carbocycles. The highest BCUT2D eigenvalue weighted by atomic mass is 32.2. The van der Waals surface area contributed by atoms with Crippen LogP contribution >= 0.6 is 0 Å². The number of fused-ring (bicyclic) bond motifs is 1. The van der Waals surface area contributed by atoms with E-state index >= 15 is 0 Å². The molecule has 5 nitrogen and oxygen atoms in total. The van der Waals surface area contributed by atoms with Crippen LogP contribution in [0, 0.1) is 0 Å². The van der Waals surface area contributed by atoms with E-state index in [1.54, 1.807) is 6.07 Å². The summed E-state index contributed by atoms with van der Waals surface area (Å²) in [6.07, 6.45) is 0.554. The molecule has 1 aliphatic heterocycles. The van der Waals surface area contributed by atoms with Crippen LogP contribution < -0.4 is 5.73 Å². The van der Waals surface area contributed by atoms with Crippen LogP contribution in [0.3, 0.4) is 0 Å². The van der Waals surface area contributed by atoms with Crippen LogP contribution in [0.5, 0.6) is 0 Å². The lowest BCUT2D eigenvalue weighted by Gasteiger charge is -2.03. The van der Waals surface area contributed by atoms with Crippen LogP contribution in [0.1, 0.15) is 5.56 Å². The van der Waals surface area contributed by atoms with Crippen LogP contribution in [-0.2, 0) is 16.3 Å². The lowest BCUT2D eigenvalue weighted by Crippen LogP contribution is -2.00. The standard InChI is InChI=1S/C11H10N2O3S/c12-10-6-9(13-16-10)8-3-1-2-7-4-5-17(14,15)11(7)8/h1-3,6H,4-5,12H2. The third kappa shape index (κ3) is 1.52. The highest BCUT2D eigenvalue weighted by molar-refractivity contribution is 7.91. The summed E-state index contributed by atoms with van der Waals surface area (Å²) in [6.45, 7) is 0. The van der Waals surface area contributed by atoms with E-state index in [1.807, 2.05) is 12.1 Å². The van der Waals surface area contributed by atoms with Gasteiger partial charge in [0.25, 0.3) is 0 Å². The minimum atomic E-state index is -3.20. The number of aromatic nitrogens is 1. The molecule has 0 saturated carbocycles. The molecule has 1 aliphatic rings. The third-order valence-corrected chi connectivity index (χ3v) is 4.70. The van der Waals surface area contributed by atoms with Gasteiger partial charge in [0, 0.05) is 11.6 Å². The first-order valence-electron chi connectivity index (χ1n) is 5.15. The van der Waals surface area contributed by atoms with Crippen LogP contribution in [-0.4, -0.2) is 19.3 Å². The van der Waals surface area contributed by atoms with E-state index in [9.17, 15) is 8.42 Å². The number of nitrogens with zero attached hydrogens (tertiary/aromatic N) is 1. The van der Waals surface area contributed by atoms with E-state index in [0.717, 1.165) is 5.56 Å².